The van der Waals surface area contributed by atoms with Gasteiger partial charge in [-0.3, -0.25) is 0 Å². The number of nitrogens with two attached hydrogens (primary N) is 1. The molecule has 2 rings (SSSR count). The Morgan fingerprint density at radius 3 is 2.92 bits per heavy atom. The maximum Gasteiger partial charge on any atom is 0.243 e. The van der Waals surface area contributed by atoms with Gasteiger partial charge in [0.05, 0.1) is 6.20 Å². The maximum atomic E-state index is 11.0. The van der Waals surface area contributed by atoms with Crippen LogP contribution in [0.2, 0.25) is 0 Å². The van der Waals surface area contributed by atoms with Gasteiger partial charge in [0.25, 0.3) is 0 Å². The van der Waals surface area contributed by atoms with Crippen LogP contribution in [0.5, 0.6) is 0 Å². The minimum atomic E-state index is -3.73. The third-order valence-electron chi connectivity index (χ3n) is 1.55. The van der Waals surface area contributed by atoms with E-state index >= 15 is 0 Å². The van der Waals surface area contributed by atoms with Crippen LogP contribution in [0.3, 0.4) is 0 Å². The predicted molar refractivity (Wildman–Crippen MR) is 44.4 cm³/mol. The van der Waals surface area contributed by atoms with Crippen LogP contribution in [0.15, 0.2) is 29.6 Å². The van der Waals surface area contributed by atoms with Crippen LogP contribution in [0.4, 0.5) is 0 Å². The molecule has 2 aromatic rings. The van der Waals surface area contributed by atoms with Crippen molar-refractivity contribution in [3.63, 3.8) is 0 Å². The molecular formula is C6H6N4O2S. The van der Waals surface area contributed by atoms with Crippen molar-refractivity contribution in [3.05, 3.63) is 24.7 Å². The second-order valence-corrected chi connectivity index (χ2v) is 3.97. The van der Waals surface area contributed by atoms with E-state index in [2.05, 4.69) is 10.1 Å². The highest BCUT2D eigenvalue weighted by Crippen LogP contribution is 2.10. The first-order chi connectivity index (χ1) is 6.09. The number of nitrogens with zero attached hydrogens (tertiary/aromatic N) is 3. The van der Waals surface area contributed by atoms with Crippen molar-refractivity contribution in [2.75, 3.05) is 0 Å². The number of sulfonamides is 1. The summed E-state index contributed by atoms with van der Waals surface area (Å²) in [5.41, 5.74) is 0.241. The summed E-state index contributed by atoms with van der Waals surface area (Å²) in [6.07, 6.45) is 4.25. The highest BCUT2D eigenvalue weighted by Gasteiger charge is 2.15. The molecular weight excluding hydrogens is 192 g/mol. The second-order valence-electron chi connectivity index (χ2n) is 2.44. The standard InChI is InChI=1S/C6H6N4O2S/c7-13(11,12)5-4-9-10-3-1-2-8-6(5)10/h1-4H,(H2,7,11,12). The van der Waals surface area contributed by atoms with E-state index in [1.54, 1.807) is 12.3 Å². The van der Waals surface area contributed by atoms with Gasteiger partial charge in [-0.15, -0.1) is 0 Å². The number of aromatic nitrogens is 3. The molecule has 13 heavy (non-hydrogen) atoms. The minimum absolute atomic E-state index is 0.0619. The summed E-state index contributed by atoms with van der Waals surface area (Å²) in [5, 5.41) is 8.73. The van der Waals surface area contributed by atoms with Gasteiger partial charge in [-0.05, 0) is 6.07 Å². The molecule has 2 heterocycles. The number of primary sulfonamides is 1. The van der Waals surface area contributed by atoms with Crippen molar-refractivity contribution in [2.24, 2.45) is 5.14 Å². The molecule has 0 unspecified atom stereocenters. The lowest BCUT2D eigenvalue weighted by atomic mass is 10.6. The van der Waals surface area contributed by atoms with Crippen LogP contribution in [-0.4, -0.2) is 23.0 Å². The molecule has 0 aromatic carbocycles. The Kier molecular flexibility index (Phi) is 1.57. The molecule has 0 aliphatic heterocycles. The fourth-order valence-corrected chi connectivity index (χ4v) is 1.60. The summed E-state index contributed by atoms with van der Waals surface area (Å²) < 4.78 is 23.3. The highest BCUT2D eigenvalue weighted by molar-refractivity contribution is 7.89. The second kappa shape index (κ2) is 2.51. The van der Waals surface area contributed by atoms with E-state index in [4.69, 9.17) is 5.14 Å². The van der Waals surface area contributed by atoms with E-state index in [1.807, 2.05) is 0 Å². The van der Waals surface area contributed by atoms with E-state index in [-0.39, 0.29) is 10.5 Å². The molecule has 68 valence electrons. The van der Waals surface area contributed by atoms with Crippen LogP contribution >= 0.6 is 0 Å². The Hall–Kier alpha value is -1.47. The Morgan fingerprint density at radius 1 is 1.46 bits per heavy atom. The van der Waals surface area contributed by atoms with Crippen LogP contribution in [0.1, 0.15) is 0 Å². The zero-order valence-corrected chi connectivity index (χ0v) is 7.27. The summed E-state index contributed by atoms with van der Waals surface area (Å²) in [5.74, 6) is 0. The van der Waals surface area contributed by atoms with Gasteiger partial charge in [-0.2, -0.15) is 5.10 Å². The van der Waals surface area contributed by atoms with Crippen molar-refractivity contribution in [1.29, 1.82) is 0 Å². The Morgan fingerprint density at radius 2 is 2.23 bits per heavy atom. The maximum absolute atomic E-state index is 11.0. The van der Waals surface area contributed by atoms with E-state index in [0.29, 0.717) is 0 Å². The molecule has 0 atom stereocenters. The van der Waals surface area contributed by atoms with Crippen molar-refractivity contribution >= 4 is 15.7 Å². The molecule has 6 nitrogen and oxygen atoms in total. The van der Waals surface area contributed by atoms with E-state index in [1.165, 1.54) is 16.9 Å². The van der Waals surface area contributed by atoms with Crippen LogP contribution in [0.25, 0.3) is 5.65 Å². The summed E-state index contributed by atoms with van der Waals surface area (Å²) in [4.78, 5) is 3.79. The molecule has 0 amide bonds. The van der Waals surface area contributed by atoms with Crippen molar-refractivity contribution in [1.82, 2.24) is 14.6 Å². The summed E-state index contributed by atoms with van der Waals surface area (Å²) >= 11 is 0. The van der Waals surface area contributed by atoms with Crippen LogP contribution < -0.4 is 5.14 Å². The lowest BCUT2D eigenvalue weighted by molar-refractivity contribution is 0.598. The van der Waals surface area contributed by atoms with Gasteiger partial charge in [0.15, 0.2) is 5.65 Å². The van der Waals surface area contributed by atoms with Gasteiger partial charge in [0, 0.05) is 12.4 Å². The quantitative estimate of drug-likeness (QED) is 0.661. The molecule has 2 aromatic heterocycles. The van der Waals surface area contributed by atoms with Gasteiger partial charge in [-0.25, -0.2) is 23.1 Å². The smallest absolute Gasteiger partial charge is 0.236 e. The summed E-state index contributed by atoms with van der Waals surface area (Å²) in [6.45, 7) is 0. The number of hydrogen-bond donors (Lipinski definition) is 1. The normalized spacial score (nSPS) is 12.1. The van der Waals surface area contributed by atoms with Crippen LogP contribution in [0, 0.1) is 0 Å². The van der Waals surface area contributed by atoms with Gasteiger partial charge >= 0.3 is 0 Å². The molecule has 7 heteroatoms. The van der Waals surface area contributed by atoms with Gasteiger partial charge in [0.1, 0.15) is 4.90 Å². The average Bonchev–Trinajstić information content (AvgIpc) is 2.45. The zero-order valence-electron chi connectivity index (χ0n) is 6.45. The van der Waals surface area contributed by atoms with Crippen molar-refractivity contribution in [2.45, 2.75) is 4.90 Å². The minimum Gasteiger partial charge on any atom is -0.236 e. The fraction of sp³-hybridized carbons (Fsp3) is 0. The molecule has 0 radical (unpaired) electrons. The Balaban J connectivity index is 2.87. The molecule has 0 saturated heterocycles. The summed E-state index contributed by atoms with van der Waals surface area (Å²) in [7, 11) is -3.73. The number of hydrogen-bond acceptors (Lipinski definition) is 4. The lowest BCUT2D eigenvalue weighted by Crippen LogP contribution is -2.12. The van der Waals surface area contributed by atoms with Crippen molar-refractivity contribution < 1.29 is 8.42 Å². The third-order valence-corrected chi connectivity index (χ3v) is 2.45. The molecule has 0 fully saturated rings. The van der Waals surface area contributed by atoms with Crippen molar-refractivity contribution in [3.8, 4) is 0 Å². The van der Waals surface area contributed by atoms with E-state index in [9.17, 15) is 8.42 Å². The first-order valence-electron chi connectivity index (χ1n) is 3.40. The Bertz CT molecular complexity index is 545. The largest absolute Gasteiger partial charge is 0.243 e. The molecule has 0 bridgehead atoms. The van der Waals surface area contributed by atoms with Gasteiger partial charge in [-0.1, -0.05) is 0 Å². The van der Waals surface area contributed by atoms with Gasteiger partial charge < -0.3 is 0 Å². The SMILES string of the molecule is NS(=O)(=O)c1cnn2cccnc12. The topological polar surface area (TPSA) is 90.4 Å². The lowest BCUT2D eigenvalue weighted by Gasteiger charge is -1.92. The fourth-order valence-electron chi connectivity index (χ4n) is 1.01. The third kappa shape index (κ3) is 1.27. The van der Waals surface area contributed by atoms with Gasteiger partial charge in [0.2, 0.25) is 10.0 Å². The zero-order chi connectivity index (χ0) is 9.47. The first kappa shape index (κ1) is 8.14. The molecule has 0 aliphatic rings. The molecule has 2 N–H and O–H groups in total. The predicted octanol–water partition coefficient (Wildman–Crippen LogP) is -0.623. The molecule has 0 aliphatic carbocycles. The number of rotatable bonds is 1. The monoisotopic (exact) mass is 198 g/mol. The summed E-state index contributed by atoms with van der Waals surface area (Å²) in [6, 6.07) is 1.65. The van der Waals surface area contributed by atoms with Crippen LogP contribution in [-0.2, 0) is 10.0 Å². The molecule has 0 spiro atoms. The van der Waals surface area contributed by atoms with E-state index < -0.39 is 10.0 Å². The number of fused-ring (bicyclic) bond motifs is 1. The highest BCUT2D eigenvalue weighted by atomic mass is 32.2. The first-order valence-corrected chi connectivity index (χ1v) is 4.95. The molecule has 0 saturated carbocycles. The average molecular weight is 198 g/mol. The Labute approximate surface area is 74.1 Å². The van der Waals surface area contributed by atoms with E-state index in [0.717, 1.165) is 0 Å².